The van der Waals surface area contributed by atoms with Crippen LogP contribution >= 0.6 is 80.9 Å². The van der Waals surface area contributed by atoms with Crippen LogP contribution in [0.4, 0.5) is 5.00 Å². The Morgan fingerprint density at radius 3 is 2.11 bits per heavy atom. The van der Waals surface area contributed by atoms with Crippen LogP contribution < -0.4 is 5.32 Å². The number of thiophene rings is 1. The third-order valence-electron chi connectivity index (χ3n) is 6.35. The normalized spacial score (nSPS) is 28.3. The molecule has 192 valence electrons. The van der Waals surface area contributed by atoms with Gasteiger partial charge in [-0.2, -0.15) is 0 Å². The number of esters is 1. The average molecular weight is 632 g/mol. The van der Waals surface area contributed by atoms with Crippen molar-refractivity contribution in [2.24, 2.45) is 11.8 Å². The number of alkyl halides is 4. The number of carboxylic acids is 1. The lowest BCUT2D eigenvalue weighted by Gasteiger charge is -2.33. The Labute approximate surface area is 240 Å². The highest BCUT2D eigenvalue weighted by Gasteiger charge is 2.85. The van der Waals surface area contributed by atoms with Crippen molar-refractivity contribution >= 4 is 104 Å². The molecule has 2 aromatic rings. The van der Waals surface area contributed by atoms with Gasteiger partial charge in [-0.05, 0) is 19.4 Å². The number of ether oxygens (including phenoxy) is 1. The van der Waals surface area contributed by atoms with E-state index in [4.69, 9.17) is 74.3 Å². The van der Waals surface area contributed by atoms with Crippen LogP contribution in [0.5, 0.6) is 0 Å². The Morgan fingerprint density at radius 1 is 1.03 bits per heavy atom. The van der Waals surface area contributed by atoms with Crippen molar-refractivity contribution in [3.05, 3.63) is 50.8 Å². The van der Waals surface area contributed by atoms with Gasteiger partial charge in [-0.3, -0.25) is 9.59 Å². The molecule has 4 atom stereocenters. The summed E-state index contributed by atoms with van der Waals surface area (Å²) in [6, 6.07) is 7.41. The van der Waals surface area contributed by atoms with Gasteiger partial charge in [0, 0.05) is 10.9 Å². The molecule has 2 N–H and O–H groups in total. The van der Waals surface area contributed by atoms with Gasteiger partial charge in [0.25, 0.3) is 0 Å². The van der Waals surface area contributed by atoms with E-state index in [0.29, 0.717) is 5.56 Å². The molecule has 6 nitrogen and oxygen atoms in total. The van der Waals surface area contributed by atoms with E-state index in [1.54, 1.807) is 12.3 Å². The number of allylic oxidation sites excluding steroid dienone is 2. The molecule has 2 bridgehead atoms. The number of aliphatic carboxylic acids is 1. The van der Waals surface area contributed by atoms with Crippen molar-refractivity contribution in [2.45, 2.75) is 27.9 Å². The standard InChI is InChI=1S/C23H17Cl6NO5S/c1-3-35-20(34)12-11(10-6-4-9(2)5-7-10)8-36-18(12)30-17(31)13-14(19(32)33)22(27)16(25)15(24)21(13,26)23(22,28)29/h4-8,13-14H,3H2,1-2H3,(H,30,31)(H,32,33)/t13-,14-,21-,22-/m1/s1. The number of aryl methyl sites for hydroxylation is 1. The zero-order valence-electron chi connectivity index (χ0n) is 18.5. The Balaban J connectivity index is 1.80. The predicted molar refractivity (Wildman–Crippen MR) is 144 cm³/mol. The third-order valence-corrected chi connectivity index (χ3v) is 11.5. The Morgan fingerprint density at radius 2 is 1.58 bits per heavy atom. The van der Waals surface area contributed by atoms with E-state index in [2.05, 4.69) is 5.32 Å². The zero-order valence-corrected chi connectivity index (χ0v) is 23.9. The Bertz CT molecular complexity index is 1310. The van der Waals surface area contributed by atoms with Crippen LogP contribution in [0, 0.1) is 18.8 Å². The van der Waals surface area contributed by atoms with Crippen molar-refractivity contribution in [3.63, 3.8) is 0 Å². The molecule has 1 amide bonds. The largest absolute Gasteiger partial charge is 0.481 e. The fourth-order valence-corrected chi connectivity index (χ4v) is 8.51. The minimum atomic E-state index is -2.24. The Kier molecular flexibility index (Phi) is 7.37. The van der Waals surface area contributed by atoms with Crippen LogP contribution in [0.3, 0.4) is 0 Å². The molecule has 2 aliphatic rings. The number of nitrogens with one attached hydrogen (secondary N) is 1. The third kappa shape index (κ3) is 3.69. The molecule has 0 radical (unpaired) electrons. The molecule has 4 rings (SSSR count). The van der Waals surface area contributed by atoms with Gasteiger partial charge in [0.2, 0.25) is 5.91 Å². The summed E-state index contributed by atoms with van der Waals surface area (Å²) in [5, 5.41) is 13.7. The smallest absolute Gasteiger partial charge is 0.341 e. The van der Waals surface area contributed by atoms with Crippen molar-refractivity contribution in [3.8, 4) is 11.1 Å². The molecule has 2 aliphatic carbocycles. The molecule has 1 aromatic carbocycles. The minimum Gasteiger partial charge on any atom is -0.481 e. The van der Waals surface area contributed by atoms with E-state index in [-0.39, 0.29) is 27.2 Å². The molecule has 1 saturated carbocycles. The topological polar surface area (TPSA) is 92.7 Å². The summed E-state index contributed by atoms with van der Waals surface area (Å²) in [5.74, 6) is -6.45. The maximum atomic E-state index is 13.6. The van der Waals surface area contributed by atoms with Gasteiger partial charge in [0.1, 0.15) is 20.3 Å². The lowest BCUT2D eigenvalue weighted by Crippen LogP contribution is -2.47. The second kappa shape index (κ2) is 9.53. The van der Waals surface area contributed by atoms with Crippen molar-refractivity contribution in [2.75, 3.05) is 11.9 Å². The van der Waals surface area contributed by atoms with Gasteiger partial charge in [-0.25, -0.2) is 4.79 Å². The number of fused-ring (bicyclic) bond motifs is 2. The molecule has 0 unspecified atom stereocenters. The van der Waals surface area contributed by atoms with E-state index in [1.807, 2.05) is 31.2 Å². The molecule has 13 heteroatoms. The predicted octanol–water partition coefficient (Wildman–Crippen LogP) is 7.00. The molecule has 0 saturated heterocycles. The van der Waals surface area contributed by atoms with Crippen LogP contribution in [-0.2, 0) is 14.3 Å². The number of anilines is 1. The molecule has 0 aliphatic heterocycles. The van der Waals surface area contributed by atoms with Crippen molar-refractivity contribution in [1.29, 1.82) is 0 Å². The van der Waals surface area contributed by atoms with Crippen LogP contribution in [-0.4, -0.2) is 43.6 Å². The number of hydrogen-bond acceptors (Lipinski definition) is 5. The van der Waals surface area contributed by atoms with E-state index in [9.17, 15) is 19.5 Å². The minimum absolute atomic E-state index is 0.0958. The number of carbonyl (C=O) groups excluding carboxylic acids is 2. The summed E-state index contributed by atoms with van der Waals surface area (Å²) < 4.78 is 2.97. The Hall–Kier alpha value is -1.19. The van der Waals surface area contributed by atoms with Gasteiger partial charge in [0.05, 0.1) is 28.5 Å². The van der Waals surface area contributed by atoms with E-state index in [0.717, 1.165) is 22.5 Å². The molecule has 0 spiro atoms. The average Bonchev–Trinajstić information content (AvgIpc) is 3.31. The number of hydrogen-bond donors (Lipinski definition) is 2. The highest BCUT2D eigenvalue weighted by atomic mass is 35.5. The van der Waals surface area contributed by atoms with Gasteiger partial charge in [-0.15, -0.1) is 34.5 Å². The number of rotatable bonds is 6. The van der Waals surface area contributed by atoms with Gasteiger partial charge in [0.15, 0.2) is 4.33 Å². The first-order valence-electron chi connectivity index (χ1n) is 10.5. The quantitative estimate of drug-likeness (QED) is 0.265. The van der Waals surface area contributed by atoms with Gasteiger partial charge < -0.3 is 15.2 Å². The second-order valence-corrected chi connectivity index (χ2v) is 12.5. The van der Waals surface area contributed by atoms with E-state index >= 15 is 0 Å². The van der Waals surface area contributed by atoms with Crippen molar-refractivity contribution in [1.82, 2.24) is 0 Å². The molecular formula is C23H17Cl6NO5S. The van der Waals surface area contributed by atoms with Crippen LogP contribution in [0.2, 0.25) is 0 Å². The number of amides is 1. The fourth-order valence-electron chi connectivity index (χ4n) is 4.62. The summed E-state index contributed by atoms with van der Waals surface area (Å²) in [6.45, 7) is 3.67. The monoisotopic (exact) mass is 629 g/mol. The molecule has 36 heavy (non-hydrogen) atoms. The summed E-state index contributed by atoms with van der Waals surface area (Å²) >= 11 is 39.9. The SMILES string of the molecule is CCOC(=O)c1c(-c2ccc(C)cc2)csc1NC(=O)[C@H]1[C@H](C(=O)O)[C@@]2(Cl)C(Cl)=C(Cl)[C@@]1(Cl)C2(Cl)Cl. The molecule has 1 aromatic heterocycles. The summed E-state index contributed by atoms with van der Waals surface area (Å²) in [5.41, 5.74) is 2.36. The highest BCUT2D eigenvalue weighted by molar-refractivity contribution is 7.15. The molecule has 1 fully saturated rings. The maximum absolute atomic E-state index is 13.6. The highest BCUT2D eigenvalue weighted by Crippen LogP contribution is 2.76. The number of carbonyl (C=O) groups is 3. The second-order valence-electron chi connectivity index (χ2n) is 8.35. The zero-order chi connectivity index (χ0) is 26.8. The van der Waals surface area contributed by atoms with Gasteiger partial charge in [-0.1, -0.05) is 76.2 Å². The summed E-state index contributed by atoms with van der Waals surface area (Å²) in [6.07, 6.45) is 0. The summed E-state index contributed by atoms with van der Waals surface area (Å²) in [4.78, 5) is 34.5. The molecular weight excluding hydrogens is 615 g/mol. The van der Waals surface area contributed by atoms with Crippen LogP contribution in [0.1, 0.15) is 22.8 Å². The number of halogens is 6. The molecule has 1 heterocycles. The summed E-state index contributed by atoms with van der Waals surface area (Å²) in [7, 11) is 0. The van der Waals surface area contributed by atoms with Crippen LogP contribution in [0.25, 0.3) is 11.1 Å². The lowest BCUT2D eigenvalue weighted by molar-refractivity contribution is -0.146. The number of carboxylic acid groups (broad SMARTS) is 1. The fraction of sp³-hybridized carbons (Fsp3) is 0.348. The number of benzene rings is 1. The van der Waals surface area contributed by atoms with E-state index < -0.39 is 43.8 Å². The van der Waals surface area contributed by atoms with Gasteiger partial charge >= 0.3 is 11.9 Å². The van der Waals surface area contributed by atoms with E-state index in [1.165, 1.54) is 0 Å². The van der Waals surface area contributed by atoms with Crippen molar-refractivity contribution < 1.29 is 24.2 Å². The first kappa shape index (κ1) is 27.8. The maximum Gasteiger partial charge on any atom is 0.341 e. The van der Waals surface area contributed by atoms with Crippen LogP contribution in [0.15, 0.2) is 39.7 Å². The first-order valence-corrected chi connectivity index (χ1v) is 13.6. The lowest BCUT2D eigenvalue weighted by atomic mass is 9.81. The first-order chi connectivity index (χ1) is 16.7.